The Balaban J connectivity index is 2.37. The zero-order chi connectivity index (χ0) is 13.3. The first-order chi connectivity index (χ1) is 8.48. The Morgan fingerprint density at radius 3 is 2.78 bits per heavy atom. The number of fused-ring (bicyclic) bond motifs is 1. The topological polar surface area (TPSA) is 90.7 Å². The highest BCUT2D eigenvalue weighted by Gasteiger charge is 2.38. The highest BCUT2D eigenvalue weighted by molar-refractivity contribution is 6.62. The summed E-state index contributed by atoms with van der Waals surface area (Å²) in [6.45, 7) is 4.51. The molecule has 0 saturated heterocycles. The molecule has 5 nitrogen and oxygen atoms in total. The van der Waals surface area contributed by atoms with Crippen molar-refractivity contribution in [3.63, 3.8) is 0 Å². The summed E-state index contributed by atoms with van der Waals surface area (Å²) >= 11 is 0. The van der Waals surface area contributed by atoms with Crippen molar-refractivity contribution in [2.75, 3.05) is 13.1 Å². The minimum absolute atomic E-state index is 0.278. The van der Waals surface area contributed by atoms with Crippen LogP contribution in [0.5, 0.6) is 5.75 Å². The number of benzene rings is 1. The average molecular weight is 250 g/mol. The van der Waals surface area contributed by atoms with Crippen LogP contribution in [-0.2, 0) is 4.65 Å². The molecule has 1 aliphatic rings. The first-order valence-corrected chi connectivity index (χ1v) is 6.04. The molecular weight excluding hydrogens is 231 g/mol. The Hall–Kier alpha value is -1.08. The van der Waals surface area contributed by atoms with Gasteiger partial charge in [-0.1, -0.05) is 12.1 Å². The summed E-state index contributed by atoms with van der Waals surface area (Å²) in [6.07, 6.45) is -0.278. The van der Waals surface area contributed by atoms with Gasteiger partial charge in [0, 0.05) is 18.6 Å². The van der Waals surface area contributed by atoms with Crippen LogP contribution in [0, 0.1) is 0 Å². The third-order valence-corrected chi connectivity index (χ3v) is 3.08. The van der Waals surface area contributed by atoms with E-state index < -0.39 is 12.7 Å². The summed E-state index contributed by atoms with van der Waals surface area (Å²) < 4.78 is 11.2. The molecule has 0 bridgehead atoms. The number of hydrogen-bond acceptors (Lipinski definition) is 5. The second-order valence-electron chi connectivity index (χ2n) is 5.04. The number of rotatable bonds is 4. The normalized spacial score (nSPS) is 18.9. The van der Waals surface area contributed by atoms with Gasteiger partial charge in [0.25, 0.3) is 0 Å². The number of nitrogens with two attached hydrogens (primary N) is 2. The first kappa shape index (κ1) is 13.4. The lowest BCUT2D eigenvalue weighted by Gasteiger charge is -2.26. The largest absolute Gasteiger partial charge is 0.495 e. The van der Waals surface area contributed by atoms with Crippen LogP contribution in [0.1, 0.15) is 25.5 Å². The van der Waals surface area contributed by atoms with E-state index in [1.807, 2.05) is 32.0 Å². The molecule has 98 valence electrons. The zero-order valence-corrected chi connectivity index (χ0v) is 10.7. The van der Waals surface area contributed by atoms with Gasteiger partial charge in [-0.25, -0.2) is 0 Å². The second-order valence-corrected chi connectivity index (χ2v) is 5.04. The fourth-order valence-corrected chi connectivity index (χ4v) is 2.01. The summed E-state index contributed by atoms with van der Waals surface area (Å²) in [5.74, 6) is 0.603. The maximum Gasteiger partial charge on any atom is 0.495 e. The molecule has 0 radical (unpaired) electrons. The Kier molecular flexibility index (Phi) is 3.63. The molecule has 0 saturated carbocycles. The summed E-state index contributed by atoms with van der Waals surface area (Å²) in [7, 11) is -0.988. The molecule has 1 aliphatic heterocycles. The Labute approximate surface area is 107 Å². The minimum atomic E-state index is -0.988. The predicted octanol–water partition coefficient (Wildman–Crippen LogP) is -0.480. The first-order valence-electron chi connectivity index (χ1n) is 6.04. The molecule has 2 rings (SSSR count). The molecule has 5 N–H and O–H groups in total. The lowest BCUT2D eigenvalue weighted by molar-refractivity contribution is 0.120. The monoisotopic (exact) mass is 250 g/mol. The third-order valence-electron chi connectivity index (χ3n) is 3.08. The van der Waals surface area contributed by atoms with E-state index in [0.29, 0.717) is 24.3 Å². The molecule has 1 heterocycles. The van der Waals surface area contributed by atoms with Crippen LogP contribution in [0.4, 0.5) is 0 Å². The van der Waals surface area contributed by atoms with Crippen LogP contribution >= 0.6 is 0 Å². The zero-order valence-electron chi connectivity index (χ0n) is 10.7. The van der Waals surface area contributed by atoms with E-state index >= 15 is 0 Å². The van der Waals surface area contributed by atoms with Gasteiger partial charge in [0.15, 0.2) is 0 Å². The molecule has 6 heteroatoms. The quantitative estimate of drug-likeness (QED) is 0.628. The van der Waals surface area contributed by atoms with Crippen molar-refractivity contribution < 1.29 is 14.4 Å². The van der Waals surface area contributed by atoms with Gasteiger partial charge in [-0.3, -0.25) is 0 Å². The van der Waals surface area contributed by atoms with E-state index in [4.69, 9.17) is 20.9 Å². The van der Waals surface area contributed by atoms with Crippen molar-refractivity contribution in [1.82, 2.24) is 0 Å². The molecule has 0 amide bonds. The van der Waals surface area contributed by atoms with E-state index in [-0.39, 0.29) is 6.10 Å². The fraction of sp³-hybridized carbons (Fsp3) is 0.500. The van der Waals surface area contributed by atoms with Crippen molar-refractivity contribution in [3.05, 3.63) is 23.8 Å². The van der Waals surface area contributed by atoms with Gasteiger partial charge < -0.3 is 25.9 Å². The lowest BCUT2D eigenvalue weighted by Crippen LogP contribution is -2.40. The standard InChI is InChI=1S/C12H19BN2O3/c1-12(2,7-15)17-9-5-3-4-8-10(6-14)18-13(16)11(8)9/h3-5,10,16H,6-7,14-15H2,1-2H3. The van der Waals surface area contributed by atoms with Gasteiger partial charge in [-0.05, 0) is 25.5 Å². The van der Waals surface area contributed by atoms with E-state index in [1.165, 1.54) is 0 Å². The SMILES string of the molecule is CC(C)(CN)Oc1cccc2c1B(O)OC2CN. The highest BCUT2D eigenvalue weighted by atomic mass is 16.5. The van der Waals surface area contributed by atoms with Crippen LogP contribution < -0.4 is 21.7 Å². The van der Waals surface area contributed by atoms with Gasteiger partial charge in [0.05, 0.1) is 6.10 Å². The van der Waals surface area contributed by atoms with Gasteiger partial charge in [0.2, 0.25) is 0 Å². The van der Waals surface area contributed by atoms with Crippen LogP contribution in [-0.4, -0.2) is 30.8 Å². The van der Waals surface area contributed by atoms with Gasteiger partial charge in [-0.2, -0.15) is 0 Å². The van der Waals surface area contributed by atoms with Gasteiger partial charge in [-0.15, -0.1) is 0 Å². The van der Waals surface area contributed by atoms with Crippen LogP contribution in [0.25, 0.3) is 0 Å². The van der Waals surface area contributed by atoms with Gasteiger partial charge >= 0.3 is 7.12 Å². The van der Waals surface area contributed by atoms with Crippen molar-refractivity contribution in [3.8, 4) is 5.75 Å². The maximum atomic E-state index is 9.94. The van der Waals surface area contributed by atoms with E-state index in [1.54, 1.807) is 0 Å². The maximum absolute atomic E-state index is 9.94. The van der Waals surface area contributed by atoms with Crippen molar-refractivity contribution in [1.29, 1.82) is 0 Å². The average Bonchev–Trinajstić information content (AvgIpc) is 2.67. The predicted molar refractivity (Wildman–Crippen MR) is 70.7 cm³/mol. The smallest absolute Gasteiger partial charge is 0.487 e. The molecule has 1 unspecified atom stereocenters. The molecule has 1 aromatic carbocycles. The molecule has 18 heavy (non-hydrogen) atoms. The molecule has 0 aromatic heterocycles. The molecular formula is C12H19BN2O3. The van der Waals surface area contributed by atoms with Crippen LogP contribution in [0.2, 0.25) is 0 Å². The van der Waals surface area contributed by atoms with E-state index in [9.17, 15) is 5.02 Å². The molecule has 0 spiro atoms. The van der Waals surface area contributed by atoms with E-state index in [0.717, 1.165) is 5.56 Å². The summed E-state index contributed by atoms with van der Waals surface area (Å²) in [5.41, 5.74) is 12.3. The summed E-state index contributed by atoms with van der Waals surface area (Å²) in [4.78, 5) is 0. The Bertz CT molecular complexity index is 439. The molecule has 0 fully saturated rings. The van der Waals surface area contributed by atoms with Gasteiger partial charge in [0.1, 0.15) is 11.4 Å². The summed E-state index contributed by atoms with van der Waals surface area (Å²) in [6, 6.07) is 5.57. The fourth-order valence-electron chi connectivity index (χ4n) is 2.01. The molecule has 1 atom stereocenters. The van der Waals surface area contributed by atoms with Crippen molar-refractivity contribution >= 4 is 12.6 Å². The minimum Gasteiger partial charge on any atom is -0.487 e. The van der Waals surface area contributed by atoms with Crippen molar-refractivity contribution in [2.45, 2.75) is 25.6 Å². The summed E-state index contributed by atoms with van der Waals surface area (Å²) in [5, 5.41) is 9.94. The van der Waals surface area contributed by atoms with E-state index in [2.05, 4.69) is 0 Å². The third kappa shape index (κ3) is 2.37. The number of ether oxygens (including phenoxy) is 1. The Morgan fingerprint density at radius 2 is 2.17 bits per heavy atom. The van der Waals surface area contributed by atoms with Crippen LogP contribution in [0.15, 0.2) is 18.2 Å². The highest BCUT2D eigenvalue weighted by Crippen LogP contribution is 2.28. The molecule has 0 aliphatic carbocycles. The number of hydrogen-bond donors (Lipinski definition) is 3. The second kappa shape index (κ2) is 4.89. The Morgan fingerprint density at radius 1 is 1.44 bits per heavy atom. The molecule has 1 aromatic rings. The lowest BCUT2D eigenvalue weighted by atomic mass is 9.78. The van der Waals surface area contributed by atoms with Crippen molar-refractivity contribution in [2.24, 2.45) is 11.5 Å². The van der Waals surface area contributed by atoms with Crippen LogP contribution in [0.3, 0.4) is 0 Å².